The van der Waals surface area contributed by atoms with Crippen molar-refractivity contribution in [3.8, 4) is 0 Å². The second-order valence-electron chi connectivity index (χ2n) is 6.26. The van der Waals surface area contributed by atoms with Crippen molar-refractivity contribution >= 4 is 17.7 Å². The summed E-state index contributed by atoms with van der Waals surface area (Å²) >= 11 is 1.46. The van der Waals surface area contributed by atoms with Gasteiger partial charge in [-0.1, -0.05) is 66.4 Å². The van der Waals surface area contributed by atoms with Crippen LogP contribution in [0.5, 0.6) is 0 Å². The van der Waals surface area contributed by atoms with E-state index < -0.39 is 0 Å². The van der Waals surface area contributed by atoms with Crippen molar-refractivity contribution in [3.63, 3.8) is 0 Å². The van der Waals surface area contributed by atoms with Gasteiger partial charge in [0.2, 0.25) is 11.1 Å². The standard InChI is InChI=1S/C20H23N5O2S/c1-25-20(22-23-24-25)28-12-11-19(26)21-13-16-7-9-18(10-8-16)15-27-14-17-5-3-2-4-6-17/h2-10H,11-15H2,1H3,(H,21,26). The lowest BCUT2D eigenvalue weighted by molar-refractivity contribution is -0.120. The average Bonchev–Trinajstić information content (AvgIpc) is 3.13. The third-order valence-electron chi connectivity index (χ3n) is 4.03. The molecular weight excluding hydrogens is 374 g/mol. The minimum atomic E-state index is 0.0119. The number of carbonyl (C=O) groups is 1. The summed E-state index contributed by atoms with van der Waals surface area (Å²) < 4.78 is 7.33. The Hall–Kier alpha value is -2.71. The molecule has 0 fully saturated rings. The maximum Gasteiger partial charge on any atom is 0.221 e. The van der Waals surface area contributed by atoms with Gasteiger partial charge in [-0.15, -0.1) is 5.10 Å². The van der Waals surface area contributed by atoms with Crippen LogP contribution in [0.4, 0.5) is 0 Å². The number of amides is 1. The molecule has 1 amide bonds. The smallest absolute Gasteiger partial charge is 0.221 e. The van der Waals surface area contributed by atoms with Gasteiger partial charge in [-0.05, 0) is 27.1 Å². The highest BCUT2D eigenvalue weighted by Gasteiger charge is 2.06. The van der Waals surface area contributed by atoms with Crippen LogP contribution >= 0.6 is 11.8 Å². The lowest BCUT2D eigenvalue weighted by Gasteiger charge is -2.07. The summed E-state index contributed by atoms with van der Waals surface area (Å²) in [5, 5.41) is 14.8. The highest BCUT2D eigenvalue weighted by molar-refractivity contribution is 7.99. The fourth-order valence-corrected chi connectivity index (χ4v) is 3.27. The number of nitrogens with one attached hydrogen (secondary N) is 1. The van der Waals surface area contributed by atoms with Gasteiger partial charge < -0.3 is 10.1 Å². The van der Waals surface area contributed by atoms with Gasteiger partial charge in [-0.25, -0.2) is 4.68 Å². The Bertz CT molecular complexity index is 868. The van der Waals surface area contributed by atoms with E-state index in [2.05, 4.69) is 33.0 Å². The van der Waals surface area contributed by atoms with Crippen LogP contribution in [-0.2, 0) is 36.3 Å². The topological polar surface area (TPSA) is 81.9 Å². The molecule has 3 rings (SSSR count). The van der Waals surface area contributed by atoms with Crippen molar-refractivity contribution in [1.29, 1.82) is 0 Å². The van der Waals surface area contributed by atoms with Crippen LogP contribution in [0.3, 0.4) is 0 Å². The van der Waals surface area contributed by atoms with Gasteiger partial charge in [0.05, 0.1) is 13.2 Å². The number of rotatable bonds is 10. The Morgan fingerprint density at radius 1 is 1.04 bits per heavy atom. The molecule has 0 aliphatic carbocycles. The van der Waals surface area contributed by atoms with Crippen LogP contribution in [0.25, 0.3) is 0 Å². The molecular formula is C20H23N5O2S. The molecule has 7 nitrogen and oxygen atoms in total. The first-order valence-electron chi connectivity index (χ1n) is 9.02. The molecule has 0 aliphatic heterocycles. The molecule has 1 aromatic heterocycles. The number of aromatic nitrogens is 4. The van der Waals surface area contributed by atoms with Crippen molar-refractivity contribution < 1.29 is 9.53 Å². The number of nitrogens with zero attached hydrogens (tertiary/aromatic N) is 4. The zero-order chi connectivity index (χ0) is 19.6. The summed E-state index contributed by atoms with van der Waals surface area (Å²) in [4.78, 5) is 12.0. The highest BCUT2D eigenvalue weighted by atomic mass is 32.2. The van der Waals surface area contributed by atoms with Crippen LogP contribution in [-0.4, -0.2) is 31.9 Å². The zero-order valence-electron chi connectivity index (χ0n) is 15.7. The van der Waals surface area contributed by atoms with Crippen LogP contribution in [0.1, 0.15) is 23.1 Å². The van der Waals surface area contributed by atoms with Gasteiger partial charge in [0.25, 0.3) is 0 Å². The summed E-state index contributed by atoms with van der Waals surface area (Å²) in [5.74, 6) is 0.649. The molecule has 0 atom stereocenters. The molecule has 0 unspecified atom stereocenters. The fourth-order valence-electron chi connectivity index (χ4n) is 2.48. The first-order valence-corrected chi connectivity index (χ1v) is 10.0. The third kappa shape index (κ3) is 6.47. The van der Waals surface area contributed by atoms with Gasteiger partial charge in [-0.2, -0.15) is 0 Å². The van der Waals surface area contributed by atoms with Gasteiger partial charge in [0.1, 0.15) is 0 Å². The second-order valence-corrected chi connectivity index (χ2v) is 7.32. The normalized spacial score (nSPS) is 10.8. The van der Waals surface area contributed by atoms with Gasteiger partial charge in [-0.3, -0.25) is 4.79 Å². The van der Waals surface area contributed by atoms with E-state index in [1.54, 1.807) is 11.7 Å². The van der Waals surface area contributed by atoms with Gasteiger partial charge in [0, 0.05) is 25.8 Å². The maximum atomic E-state index is 12.0. The second kappa shape index (κ2) is 10.6. The number of carbonyl (C=O) groups excluding carboxylic acids is 1. The molecule has 8 heteroatoms. The van der Waals surface area contributed by atoms with E-state index in [1.807, 2.05) is 42.5 Å². The Morgan fingerprint density at radius 2 is 1.71 bits per heavy atom. The maximum absolute atomic E-state index is 12.0. The van der Waals surface area contributed by atoms with E-state index in [-0.39, 0.29) is 5.91 Å². The fraction of sp³-hybridized carbons (Fsp3) is 0.300. The summed E-state index contributed by atoms with van der Waals surface area (Å²) in [7, 11) is 1.78. The van der Waals surface area contributed by atoms with E-state index in [1.165, 1.54) is 11.8 Å². The molecule has 0 saturated carbocycles. The van der Waals surface area contributed by atoms with Crippen LogP contribution in [0.2, 0.25) is 0 Å². The molecule has 0 saturated heterocycles. The minimum absolute atomic E-state index is 0.0119. The van der Waals surface area contributed by atoms with Crippen molar-refractivity contribution in [1.82, 2.24) is 25.5 Å². The predicted molar refractivity (Wildman–Crippen MR) is 107 cm³/mol. The van der Waals surface area contributed by atoms with E-state index >= 15 is 0 Å². The van der Waals surface area contributed by atoms with E-state index in [4.69, 9.17) is 4.74 Å². The van der Waals surface area contributed by atoms with E-state index in [9.17, 15) is 4.79 Å². The largest absolute Gasteiger partial charge is 0.372 e. The van der Waals surface area contributed by atoms with Crippen molar-refractivity contribution in [2.24, 2.45) is 7.05 Å². The molecule has 0 bridgehead atoms. The lowest BCUT2D eigenvalue weighted by atomic mass is 10.1. The van der Waals surface area contributed by atoms with Gasteiger partial charge >= 0.3 is 0 Å². The van der Waals surface area contributed by atoms with Crippen molar-refractivity contribution in [2.75, 3.05) is 5.75 Å². The van der Waals surface area contributed by atoms with Crippen molar-refractivity contribution in [2.45, 2.75) is 31.3 Å². The molecule has 146 valence electrons. The predicted octanol–water partition coefficient (Wildman–Crippen LogP) is 2.73. The summed E-state index contributed by atoms with van der Waals surface area (Å²) in [6.45, 7) is 1.68. The first-order chi connectivity index (χ1) is 13.7. The Labute approximate surface area is 168 Å². The van der Waals surface area contributed by atoms with E-state index in [0.717, 1.165) is 16.7 Å². The molecule has 0 aliphatic rings. The van der Waals surface area contributed by atoms with Crippen LogP contribution in [0, 0.1) is 0 Å². The number of benzene rings is 2. The summed E-state index contributed by atoms with van der Waals surface area (Å²) in [6.07, 6.45) is 0.420. The number of hydrogen-bond acceptors (Lipinski definition) is 6. The van der Waals surface area contributed by atoms with Crippen LogP contribution in [0.15, 0.2) is 59.8 Å². The highest BCUT2D eigenvalue weighted by Crippen LogP contribution is 2.13. The quantitative estimate of drug-likeness (QED) is 0.530. The molecule has 1 heterocycles. The van der Waals surface area contributed by atoms with Crippen molar-refractivity contribution in [3.05, 3.63) is 71.3 Å². The monoisotopic (exact) mass is 397 g/mol. The molecule has 0 spiro atoms. The number of hydrogen-bond donors (Lipinski definition) is 1. The molecule has 3 aromatic rings. The molecule has 28 heavy (non-hydrogen) atoms. The van der Waals surface area contributed by atoms with Gasteiger partial charge in [0.15, 0.2) is 0 Å². The number of thioether (sulfide) groups is 1. The van der Waals surface area contributed by atoms with Crippen LogP contribution < -0.4 is 5.32 Å². The third-order valence-corrected chi connectivity index (χ3v) is 5.05. The van der Waals surface area contributed by atoms with E-state index in [0.29, 0.717) is 37.1 Å². The summed E-state index contributed by atoms with van der Waals surface area (Å²) in [6, 6.07) is 18.2. The number of ether oxygens (including phenoxy) is 1. The molecule has 0 radical (unpaired) electrons. The summed E-state index contributed by atoms with van der Waals surface area (Å²) in [5.41, 5.74) is 3.33. The first kappa shape index (κ1) is 20.0. The average molecular weight is 398 g/mol. The molecule has 1 N–H and O–H groups in total. The minimum Gasteiger partial charge on any atom is -0.372 e. The number of tetrazole rings is 1. The Kier molecular flexibility index (Phi) is 7.57. The Morgan fingerprint density at radius 3 is 2.39 bits per heavy atom. The lowest BCUT2D eigenvalue weighted by Crippen LogP contribution is -2.23. The number of aryl methyl sites for hydroxylation is 1. The molecule has 2 aromatic carbocycles. The zero-order valence-corrected chi connectivity index (χ0v) is 16.6. The SMILES string of the molecule is Cn1nnnc1SCCC(=O)NCc1ccc(COCc2ccccc2)cc1. The Balaban J connectivity index is 1.33.